The Bertz CT molecular complexity index is 301. The second kappa shape index (κ2) is 5.71. The quantitative estimate of drug-likeness (QED) is 0.834. The van der Waals surface area contributed by atoms with Crippen LogP contribution >= 0.6 is 0 Å². The van der Waals surface area contributed by atoms with E-state index in [2.05, 4.69) is 19.2 Å². The van der Waals surface area contributed by atoms with Gasteiger partial charge in [-0.25, -0.2) is 0 Å². The first-order valence-corrected chi connectivity index (χ1v) is 8.15. The number of hydrogen-bond acceptors (Lipinski definition) is 3. The SMILES string of the molecule is CC1CCC(NC2CCOC3(CCOC3)C2)CC1C. The zero-order valence-electron chi connectivity index (χ0n) is 12.5. The van der Waals surface area contributed by atoms with Crippen molar-refractivity contribution >= 4 is 0 Å². The molecule has 0 aromatic heterocycles. The van der Waals surface area contributed by atoms with E-state index in [0.29, 0.717) is 6.04 Å². The molecule has 19 heavy (non-hydrogen) atoms. The molecular weight excluding hydrogens is 238 g/mol. The van der Waals surface area contributed by atoms with Gasteiger partial charge in [-0.15, -0.1) is 0 Å². The summed E-state index contributed by atoms with van der Waals surface area (Å²) in [5.41, 5.74) is 0.0451. The van der Waals surface area contributed by atoms with E-state index in [1.54, 1.807) is 0 Å². The van der Waals surface area contributed by atoms with Crippen molar-refractivity contribution in [3.63, 3.8) is 0 Å². The highest BCUT2D eigenvalue weighted by Crippen LogP contribution is 2.34. The number of rotatable bonds is 2. The Balaban J connectivity index is 1.52. The summed E-state index contributed by atoms with van der Waals surface area (Å²) in [5.74, 6) is 1.78. The highest BCUT2D eigenvalue weighted by Gasteiger charge is 2.41. The van der Waals surface area contributed by atoms with Crippen molar-refractivity contribution in [3.8, 4) is 0 Å². The molecule has 5 atom stereocenters. The summed E-state index contributed by atoms with van der Waals surface area (Å²) in [6.07, 6.45) is 7.49. The molecule has 2 heterocycles. The lowest BCUT2D eigenvalue weighted by atomic mass is 9.78. The van der Waals surface area contributed by atoms with Crippen LogP contribution in [0, 0.1) is 11.8 Å². The fourth-order valence-corrected chi connectivity index (χ4v) is 4.07. The Morgan fingerprint density at radius 3 is 2.63 bits per heavy atom. The van der Waals surface area contributed by atoms with Gasteiger partial charge < -0.3 is 14.8 Å². The van der Waals surface area contributed by atoms with Crippen LogP contribution in [0.3, 0.4) is 0 Å². The number of nitrogens with one attached hydrogen (secondary N) is 1. The average molecular weight is 267 g/mol. The molecule has 5 unspecified atom stereocenters. The molecule has 3 aliphatic rings. The molecule has 1 spiro atoms. The smallest absolute Gasteiger partial charge is 0.0951 e. The van der Waals surface area contributed by atoms with Crippen molar-refractivity contribution in [2.24, 2.45) is 11.8 Å². The van der Waals surface area contributed by atoms with Crippen LogP contribution in [-0.2, 0) is 9.47 Å². The van der Waals surface area contributed by atoms with E-state index in [4.69, 9.17) is 9.47 Å². The molecule has 3 rings (SSSR count). The average Bonchev–Trinajstić information content (AvgIpc) is 2.82. The molecule has 110 valence electrons. The van der Waals surface area contributed by atoms with E-state index in [1.807, 2.05) is 0 Å². The van der Waals surface area contributed by atoms with Gasteiger partial charge in [0.2, 0.25) is 0 Å². The molecule has 0 aromatic carbocycles. The minimum atomic E-state index is 0.0451. The van der Waals surface area contributed by atoms with E-state index in [1.165, 1.54) is 25.7 Å². The molecule has 3 heteroatoms. The minimum absolute atomic E-state index is 0.0451. The van der Waals surface area contributed by atoms with Gasteiger partial charge >= 0.3 is 0 Å². The molecule has 3 fully saturated rings. The molecule has 3 nitrogen and oxygen atoms in total. The van der Waals surface area contributed by atoms with E-state index in [-0.39, 0.29) is 5.60 Å². The van der Waals surface area contributed by atoms with Gasteiger partial charge in [-0.05, 0) is 43.9 Å². The third-order valence-electron chi connectivity index (χ3n) is 5.63. The molecule has 0 aromatic rings. The molecule has 0 bridgehead atoms. The summed E-state index contributed by atoms with van der Waals surface area (Å²) < 4.78 is 11.6. The van der Waals surface area contributed by atoms with E-state index in [9.17, 15) is 0 Å². The molecule has 0 radical (unpaired) electrons. The van der Waals surface area contributed by atoms with Gasteiger partial charge in [0, 0.05) is 31.7 Å². The van der Waals surface area contributed by atoms with Crippen LogP contribution in [0.15, 0.2) is 0 Å². The topological polar surface area (TPSA) is 30.5 Å². The van der Waals surface area contributed by atoms with Crippen LogP contribution in [0.1, 0.15) is 52.4 Å². The summed E-state index contributed by atoms with van der Waals surface area (Å²) in [5, 5.41) is 3.92. The first-order chi connectivity index (χ1) is 9.17. The van der Waals surface area contributed by atoms with Crippen LogP contribution in [0.4, 0.5) is 0 Å². The number of ether oxygens (including phenoxy) is 2. The van der Waals surface area contributed by atoms with Gasteiger partial charge in [0.1, 0.15) is 0 Å². The van der Waals surface area contributed by atoms with Crippen molar-refractivity contribution in [2.45, 2.75) is 70.1 Å². The highest BCUT2D eigenvalue weighted by atomic mass is 16.6. The number of hydrogen-bond donors (Lipinski definition) is 1. The van der Waals surface area contributed by atoms with Crippen LogP contribution in [0.5, 0.6) is 0 Å². The van der Waals surface area contributed by atoms with Crippen molar-refractivity contribution in [2.75, 3.05) is 19.8 Å². The van der Waals surface area contributed by atoms with Crippen molar-refractivity contribution in [3.05, 3.63) is 0 Å². The van der Waals surface area contributed by atoms with E-state index < -0.39 is 0 Å². The van der Waals surface area contributed by atoms with Crippen molar-refractivity contribution in [1.82, 2.24) is 5.32 Å². The van der Waals surface area contributed by atoms with Gasteiger partial charge in [0.05, 0.1) is 12.2 Å². The highest BCUT2D eigenvalue weighted by molar-refractivity contribution is 4.94. The second-order valence-corrected chi connectivity index (χ2v) is 7.15. The Morgan fingerprint density at radius 1 is 1.00 bits per heavy atom. The predicted molar refractivity (Wildman–Crippen MR) is 76.2 cm³/mol. The molecule has 0 amide bonds. The maximum Gasteiger partial charge on any atom is 0.0951 e. The van der Waals surface area contributed by atoms with Crippen LogP contribution in [0.25, 0.3) is 0 Å². The summed E-state index contributed by atoms with van der Waals surface area (Å²) in [6, 6.07) is 1.37. The van der Waals surface area contributed by atoms with Gasteiger partial charge in [0.25, 0.3) is 0 Å². The van der Waals surface area contributed by atoms with Crippen molar-refractivity contribution in [1.29, 1.82) is 0 Å². The van der Waals surface area contributed by atoms with Crippen LogP contribution in [-0.4, -0.2) is 37.5 Å². The van der Waals surface area contributed by atoms with Gasteiger partial charge in [-0.3, -0.25) is 0 Å². The summed E-state index contributed by atoms with van der Waals surface area (Å²) in [6.45, 7) is 7.41. The molecule has 1 N–H and O–H groups in total. The lowest BCUT2D eigenvalue weighted by molar-refractivity contribution is -0.0910. The Labute approximate surface area is 117 Å². The third-order valence-corrected chi connectivity index (χ3v) is 5.63. The summed E-state index contributed by atoms with van der Waals surface area (Å²) in [4.78, 5) is 0. The Hall–Kier alpha value is -0.120. The lowest BCUT2D eigenvalue weighted by Crippen LogP contribution is -2.51. The molecular formula is C16H29NO2. The standard InChI is InChI=1S/C16H29NO2/c1-12-3-4-14(9-13(12)2)17-15-5-7-19-16(10-15)6-8-18-11-16/h12-15,17H,3-11H2,1-2H3. The maximum atomic E-state index is 6.02. The fraction of sp³-hybridized carbons (Fsp3) is 1.00. The second-order valence-electron chi connectivity index (χ2n) is 7.15. The fourth-order valence-electron chi connectivity index (χ4n) is 4.07. The van der Waals surface area contributed by atoms with E-state index in [0.717, 1.165) is 50.5 Å². The molecule has 1 saturated carbocycles. The van der Waals surface area contributed by atoms with Crippen LogP contribution < -0.4 is 5.32 Å². The Morgan fingerprint density at radius 2 is 1.89 bits per heavy atom. The maximum absolute atomic E-state index is 6.02. The summed E-state index contributed by atoms with van der Waals surface area (Å²) in [7, 11) is 0. The third kappa shape index (κ3) is 3.14. The predicted octanol–water partition coefficient (Wildman–Crippen LogP) is 2.74. The Kier molecular flexibility index (Phi) is 4.16. The largest absolute Gasteiger partial charge is 0.378 e. The zero-order chi connectivity index (χ0) is 13.3. The van der Waals surface area contributed by atoms with Gasteiger partial charge in [-0.1, -0.05) is 13.8 Å². The van der Waals surface area contributed by atoms with Crippen LogP contribution in [0.2, 0.25) is 0 Å². The minimum Gasteiger partial charge on any atom is -0.378 e. The first-order valence-electron chi connectivity index (χ1n) is 8.15. The molecule has 2 aliphatic heterocycles. The first kappa shape index (κ1) is 13.8. The molecule has 2 saturated heterocycles. The van der Waals surface area contributed by atoms with Gasteiger partial charge in [0.15, 0.2) is 0 Å². The zero-order valence-corrected chi connectivity index (χ0v) is 12.5. The van der Waals surface area contributed by atoms with Gasteiger partial charge in [-0.2, -0.15) is 0 Å². The summed E-state index contributed by atoms with van der Waals surface area (Å²) >= 11 is 0. The lowest BCUT2D eigenvalue weighted by Gasteiger charge is -2.41. The molecule has 1 aliphatic carbocycles. The van der Waals surface area contributed by atoms with Crippen molar-refractivity contribution < 1.29 is 9.47 Å². The van der Waals surface area contributed by atoms with E-state index >= 15 is 0 Å². The monoisotopic (exact) mass is 267 g/mol. The normalized spacial score (nSPS) is 47.7.